The summed E-state index contributed by atoms with van der Waals surface area (Å²) in [5.41, 5.74) is 6.28. The second kappa shape index (κ2) is 9.14. The molecule has 3 aromatic carbocycles. The Morgan fingerprint density at radius 2 is 1.74 bits per heavy atom. The summed E-state index contributed by atoms with van der Waals surface area (Å²) < 4.78 is 6.51. The standard InChI is InChI=1S/C22H19BrN2O2/c1-16-6-8-18(9-7-16)15-27-19-12-10-17(11-13-19)14-24-25-22(26)20-4-2-3-5-21(20)23/h2-14H,15H2,1H3,(H,25,26). The summed E-state index contributed by atoms with van der Waals surface area (Å²) in [6.07, 6.45) is 1.60. The minimum atomic E-state index is -0.267. The predicted octanol–water partition coefficient (Wildman–Crippen LogP) is 5.10. The molecule has 4 nitrogen and oxygen atoms in total. The zero-order valence-electron chi connectivity index (χ0n) is 14.9. The number of hydrazone groups is 1. The molecule has 0 radical (unpaired) electrons. The Morgan fingerprint density at radius 1 is 1.04 bits per heavy atom. The number of ether oxygens (including phenoxy) is 1. The third kappa shape index (κ3) is 5.53. The van der Waals surface area contributed by atoms with Crippen molar-refractivity contribution in [3.8, 4) is 5.75 Å². The first kappa shape index (κ1) is 18.9. The van der Waals surface area contributed by atoms with Crippen LogP contribution in [-0.2, 0) is 6.61 Å². The van der Waals surface area contributed by atoms with Crippen molar-refractivity contribution in [2.75, 3.05) is 0 Å². The number of nitrogens with one attached hydrogen (secondary N) is 1. The molecule has 0 unspecified atom stereocenters. The molecule has 1 amide bonds. The lowest BCUT2D eigenvalue weighted by Gasteiger charge is -2.07. The van der Waals surface area contributed by atoms with E-state index in [9.17, 15) is 4.79 Å². The van der Waals surface area contributed by atoms with Gasteiger partial charge in [-0.25, -0.2) is 5.43 Å². The molecule has 0 aliphatic heterocycles. The summed E-state index contributed by atoms with van der Waals surface area (Å²) >= 11 is 3.35. The van der Waals surface area contributed by atoms with Crippen LogP contribution < -0.4 is 10.2 Å². The van der Waals surface area contributed by atoms with Gasteiger partial charge >= 0.3 is 0 Å². The number of aryl methyl sites for hydroxylation is 1. The Morgan fingerprint density at radius 3 is 2.44 bits per heavy atom. The summed E-state index contributed by atoms with van der Waals surface area (Å²) in [7, 11) is 0. The molecule has 0 atom stereocenters. The second-order valence-electron chi connectivity index (χ2n) is 6.02. The van der Waals surface area contributed by atoms with Crippen molar-refractivity contribution in [3.05, 3.63) is 99.5 Å². The number of carbonyl (C=O) groups excluding carboxylic acids is 1. The van der Waals surface area contributed by atoms with E-state index in [1.165, 1.54) is 5.56 Å². The van der Waals surface area contributed by atoms with Crippen LogP contribution in [0.1, 0.15) is 27.0 Å². The van der Waals surface area contributed by atoms with E-state index in [1.807, 2.05) is 36.4 Å². The fourth-order valence-electron chi connectivity index (χ4n) is 2.37. The lowest BCUT2D eigenvalue weighted by atomic mass is 10.2. The van der Waals surface area contributed by atoms with E-state index in [1.54, 1.807) is 18.3 Å². The third-order valence-electron chi connectivity index (χ3n) is 3.90. The lowest BCUT2D eigenvalue weighted by Crippen LogP contribution is -2.18. The van der Waals surface area contributed by atoms with Gasteiger partial charge in [0.15, 0.2) is 0 Å². The van der Waals surface area contributed by atoms with Crippen LogP contribution in [0.4, 0.5) is 0 Å². The highest BCUT2D eigenvalue weighted by atomic mass is 79.9. The highest BCUT2D eigenvalue weighted by molar-refractivity contribution is 9.10. The van der Waals surface area contributed by atoms with Crippen molar-refractivity contribution < 1.29 is 9.53 Å². The molecule has 0 aliphatic rings. The molecule has 5 heteroatoms. The average Bonchev–Trinajstić information content (AvgIpc) is 2.69. The average molecular weight is 423 g/mol. The van der Waals surface area contributed by atoms with Crippen LogP contribution in [0.15, 0.2) is 82.4 Å². The highest BCUT2D eigenvalue weighted by Crippen LogP contribution is 2.16. The molecule has 0 aliphatic carbocycles. The van der Waals surface area contributed by atoms with Crippen molar-refractivity contribution in [3.63, 3.8) is 0 Å². The van der Waals surface area contributed by atoms with E-state index in [0.29, 0.717) is 12.2 Å². The molecular formula is C22H19BrN2O2. The minimum absolute atomic E-state index is 0.267. The van der Waals surface area contributed by atoms with Gasteiger partial charge in [0.05, 0.1) is 11.8 Å². The van der Waals surface area contributed by atoms with E-state index >= 15 is 0 Å². The van der Waals surface area contributed by atoms with Crippen LogP contribution in [0.2, 0.25) is 0 Å². The maximum Gasteiger partial charge on any atom is 0.272 e. The predicted molar refractivity (Wildman–Crippen MR) is 111 cm³/mol. The monoisotopic (exact) mass is 422 g/mol. The topological polar surface area (TPSA) is 50.7 Å². The first-order valence-electron chi connectivity index (χ1n) is 8.48. The maximum atomic E-state index is 12.1. The van der Waals surface area contributed by atoms with Crippen molar-refractivity contribution >= 4 is 28.1 Å². The Hall–Kier alpha value is -2.92. The molecule has 27 heavy (non-hydrogen) atoms. The summed E-state index contributed by atoms with van der Waals surface area (Å²) in [5.74, 6) is 0.516. The Kier molecular flexibility index (Phi) is 6.39. The molecule has 1 N–H and O–H groups in total. The largest absolute Gasteiger partial charge is 0.489 e. The Balaban J connectivity index is 1.52. The van der Waals surface area contributed by atoms with Crippen LogP contribution in [-0.4, -0.2) is 12.1 Å². The van der Waals surface area contributed by atoms with Crippen molar-refractivity contribution in [2.45, 2.75) is 13.5 Å². The van der Waals surface area contributed by atoms with Gasteiger partial charge in [0, 0.05) is 4.47 Å². The zero-order chi connectivity index (χ0) is 19.1. The molecule has 0 heterocycles. The SMILES string of the molecule is Cc1ccc(COc2ccc(C=NNC(=O)c3ccccc3Br)cc2)cc1. The van der Waals surface area contributed by atoms with Gasteiger partial charge in [-0.1, -0.05) is 42.0 Å². The van der Waals surface area contributed by atoms with E-state index in [2.05, 4.69) is 57.6 Å². The zero-order valence-corrected chi connectivity index (χ0v) is 16.4. The number of benzene rings is 3. The van der Waals surface area contributed by atoms with Crippen LogP contribution in [0, 0.1) is 6.92 Å². The van der Waals surface area contributed by atoms with E-state index in [0.717, 1.165) is 21.3 Å². The number of halogens is 1. The number of hydrogen-bond acceptors (Lipinski definition) is 3. The second-order valence-corrected chi connectivity index (χ2v) is 6.88. The summed E-state index contributed by atoms with van der Waals surface area (Å²) in [6.45, 7) is 2.59. The molecular weight excluding hydrogens is 404 g/mol. The molecule has 0 fully saturated rings. The van der Waals surface area contributed by atoms with Crippen LogP contribution >= 0.6 is 15.9 Å². The molecule has 3 aromatic rings. The van der Waals surface area contributed by atoms with Crippen LogP contribution in [0.25, 0.3) is 0 Å². The molecule has 3 rings (SSSR count). The van der Waals surface area contributed by atoms with Gasteiger partial charge in [-0.15, -0.1) is 0 Å². The number of rotatable bonds is 6. The van der Waals surface area contributed by atoms with Crippen molar-refractivity contribution in [1.82, 2.24) is 5.43 Å². The quantitative estimate of drug-likeness (QED) is 0.443. The molecule has 0 bridgehead atoms. The number of carbonyl (C=O) groups is 1. The van der Waals surface area contributed by atoms with E-state index < -0.39 is 0 Å². The Labute approximate surface area is 167 Å². The van der Waals surface area contributed by atoms with Crippen molar-refractivity contribution in [2.24, 2.45) is 5.10 Å². The van der Waals surface area contributed by atoms with Crippen LogP contribution in [0.5, 0.6) is 5.75 Å². The van der Waals surface area contributed by atoms with E-state index in [4.69, 9.17) is 4.74 Å². The third-order valence-corrected chi connectivity index (χ3v) is 4.60. The van der Waals surface area contributed by atoms with E-state index in [-0.39, 0.29) is 5.91 Å². The minimum Gasteiger partial charge on any atom is -0.489 e. The summed E-state index contributed by atoms with van der Waals surface area (Å²) in [6, 6.07) is 23.0. The molecule has 0 saturated heterocycles. The van der Waals surface area contributed by atoms with Gasteiger partial charge < -0.3 is 4.74 Å². The number of amides is 1. The highest BCUT2D eigenvalue weighted by Gasteiger charge is 2.07. The van der Waals surface area contributed by atoms with Gasteiger partial charge in [-0.2, -0.15) is 5.10 Å². The lowest BCUT2D eigenvalue weighted by molar-refractivity contribution is 0.0954. The van der Waals surface area contributed by atoms with Crippen molar-refractivity contribution in [1.29, 1.82) is 0 Å². The number of nitrogens with zero attached hydrogens (tertiary/aromatic N) is 1. The fraction of sp³-hybridized carbons (Fsp3) is 0.0909. The number of hydrogen-bond donors (Lipinski definition) is 1. The summed E-state index contributed by atoms with van der Waals surface area (Å²) in [4.78, 5) is 12.1. The normalized spacial score (nSPS) is 10.7. The first-order chi connectivity index (χ1) is 13.1. The molecule has 0 aromatic heterocycles. The van der Waals surface area contributed by atoms with Gasteiger partial charge in [-0.3, -0.25) is 4.79 Å². The molecule has 136 valence electrons. The maximum absolute atomic E-state index is 12.1. The van der Waals surface area contributed by atoms with Gasteiger partial charge in [0.1, 0.15) is 12.4 Å². The smallest absolute Gasteiger partial charge is 0.272 e. The Bertz CT molecular complexity index is 935. The summed E-state index contributed by atoms with van der Waals surface area (Å²) in [5, 5.41) is 4.00. The first-order valence-corrected chi connectivity index (χ1v) is 9.27. The van der Waals surface area contributed by atoms with Gasteiger partial charge in [0.2, 0.25) is 0 Å². The van der Waals surface area contributed by atoms with Gasteiger partial charge in [0.25, 0.3) is 5.91 Å². The fourth-order valence-corrected chi connectivity index (χ4v) is 2.84. The van der Waals surface area contributed by atoms with Crippen LogP contribution in [0.3, 0.4) is 0 Å². The molecule has 0 spiro atoms. The molecule has 0 saturated carbocycles. The van der Waals surface area contributed by atoms with Gasteiger partial charge in [-0.05, 0) is 70.4 Å².